The van der Waals surface area contributed by atoms with Crippen molar-refractivity contribution in [1.29, 1.82) is 0 Å². The summed E-state index contributed by atoms with van der Waals surface area (Å²) in [6.45, 7) is 5.53. The zero-order valence-electron chi connectivity index (χ0n) is 16.4. The van der Waals surface area contributed by atoms with Gasteiger partial charge in [-0.1, -0.05) is 41.9 Å². The highest BCUT2D eigenvalue weighted by molar-refractivity contribution is 7.14. The van der Waals surface area contributed by atoms with Gasteiger partial charge in [0.1, 0.15) is 6.61 Å². The van der Waals surface area contributed by atoms with E-state index < -0.39 is 0 Å². The van der Waals surface area contributed by atoms with Crippen molar-refractivity contribution in [3.63, 3.8) is 0 Å². The monoisotopic (exact) mass is 428 g/mol. The third-order valence-electron chi connectivity index (χ3n) is 4.54. The van der Waals surface area contributed by atoms with E-state index in [1.54, 1.807) is 22.4 Å². The van der Waals surface area contributed by atoms with Gasteiger partial charge in [-0.2, -0.15) is 0 Å². The predicted octanol–water partition coefficient (Wildman–Crippen LogP) is 5.38. The van der Waals surface area contributed by atoms with Crippen molar-refractivity contribution in [3.05, 3.63) is 75.3 Å². The van der Waals surface area contributed by atoms with E-state index >= 15 is 0 Å². The molecule has 0 unspecified atom stereocenters. The molecule has 1 heterocycles. The van der Waals surface area contributed by atoms with Gasteiger partial charge in [-0.05, 0) is 42.7 Å². The Morgan fingerprint density at radius 1 is 1.14 bits per heavy atom. The van der Waals surface area contributed by atoms with Crippen molar-refractivity contribution in [2.45, 2.75) is 33.8 Å². The summed E-state index contributed by atoms with van der Waals surface area (Å²) in [5.74, 6) is -0.513. The fourth-order valence-electron chi connectivity index (χ4n) is 2.85. The maximum absolute atomic E-state index is 12.3. The quantitative estimate of drug-likeness (QED) is 0.494. The van der Waals surface area contributed by atoms with Crippen molar-refractivity contribution >= 4 is 45.6 Å². The molecule has 7 heteroatoms. The number of hydrogen-bond acceptors (Lipinski definition) is 5. The highest BCUT2D eigenvalue weighted by Crippen LogP contribution is 2.32. The molecule has 1 aromatic heterocycles. The fourth-order valence-corrected chi connectivity index (χ4v) is 3.92. The predicted molar refractivity (Wildman–Crippen MR) is 116 cm³/mol. The summed E-state index contributed by atoms with van der Waals surface area (Å²) in [6.07, 6.45) is 0.0960. The van der Waals surface area contributed by atoms with E-state index in [-0.39, 0.29) is 24.9 Å². The molecule has 0 bridgehead atoms. The second kappa shape index (κ2) is 9.20. The van der Waals surface area contributed by atoms with Crippen molar-refractivity contribution in [2.75, 3.05) is 4.90 Å². The summed E-state index contributed by atoms with van der Waals surface area (Å²) < 4.78 is 5.33. The maximum atomic E-state index is 12.3. The smallest absolute Gasteiger partial charge is 0.310 e. The number of nitrogens with zero attached hydrogens (tertiary/aromatic N) is 2. The second-order valence-corrected chi connectivity index (χ2v) is 7.87. The van der Waals surface area contributed by atoms with Crippen LogP contribution < -0.4 is 4.90 Å². The van der Waals surface area contributed by atoms with Crippen molar-refractivity contribution in [3.8, 4) is 0 Å². The van der Waals surface area contributed by atoms with Crippen molar-refractivity contribution in [1.82, 2.24) is 4.98 Å². The van der Waals surface area contributed by atoms with Crippen LogP contribution in [0.4, 0.5) is 10.8 Å². The first kappa shape index (κ1) is 21.0. The van der Waals surface area contributed by atoms with Gasteiger partial charge in [-0.3, -0.25) is 14.5 Å². The number of anilines is 2. The van der Waals surface area contributed by atoms with Crippen molar-refractivity contribution in [2.24, 2.45) is 0 Å². The number of thiazole rings is 1. The lowest BCUT2D eigenvalue weighted by molar-refractivity contribution is -0.144. The molecule has 0 aliphatic heterocycles. The number of carbonyl (C=O) groups is 2. The minimum Gasteiger partial charge on any atom is -0.459 e. The molecule has 0 aliphatic rings. The van der Waals surface area contributed by atoms with Crippen LogP contribution in [0.25, 0.3) is 0 Å². The summed E-state index contributed by atoms with van der Waals surface area (Å²) in [4.78, 5) is 30.5. The van der Waals surface area contributed by atoms with E-state index in [4.69, 9.17) is 16.3 Å². The Kier molecular flexibility index (Phi) is 6.67. The van der Waals surface area contributed by atoms with E-state index in [0.29, 0.717) is 15.8 Å². The van der Waals surface area contributed by atoms with Gasteiger partial charge in [0.2, 0.25) is 5.91 Å². The lowest BCUT2D eigenvalue weighted by Gasteiger charge is -2.21. The van der Waals surface area contributed by atoms with E-state index in [2.05, 4.69) is 4.98 Å². The molecule has 0 radical (unpaired) electrons. The minimum absolute atomic E-state index is 0.0400. The molecule has 0 aliphatic carbocycles. The molecular weight excluding hydrogens is 408 g/mol. The second-order valence-electron chi connectivity index (χ2n) is 6.62. The number of carbonyl (C=O) groups excluding carboxylic acids is 2. The summed E-state index contributed by atoms with van der Waals surface area (Å²) in [7, 11) is 0. The van der Waals surface area contributed by atoms with Crippen LogP contribution in [0.15, 0.2) is 47.8 Å². The molecule has 29 heavy (non-hydrogen) atoms. The van der Waals surface area contributed by atoms with Crippen LogP contribution in [0, 0.1) is 13.8 Å². The molecule has 0 atom stereocenters. The van der Waals surface area contributed by atoms with Gasteiger partial charge >= 0.3 is 5.97 Å². The number of ether oxygens (including phenoxy) is 1. The molecule has 0 fully saturated rings. The largest absolute Gasteiger partial charge is 0.459 e. The summed E-state index contributed by atoms with van der Waals surface area (Å²) in [5.41, 5.74) is 4.23. The van der Waals surface area contributed by atoms with Gasteiger partial charge in [-0.15, -0.1) is 11.3 Å². The van der Waals surface area contributed by atoms with Gasteiger partial charge in [-0.25, -0.2) is 4.98 Å². The first-order valence-corrected chi connectivity index (χ1v) is 10.3. The summed E-state index contributed by atoms with van der Waals surface area (Å²) >= 11 is 7.41. The number of hydrogen-bond donors (Lipinski definition) is 0. The average Bonchev–Trinajstić information content (AvgIpc) is 3.14. The number of rotatable bonds is 6. The standard InChI is InChI=1S/C22H21ClN2O3S/c1-14-7-6-10-20(15(14)2)25(16(3)26)22-24-18(13-29-22)12-28-21(27)11-17-8-4-5-9-19(17)23/h4-10,13H,11-12H2,1-3H3. The van der Waals surface area contributed by atoms with Crippen LogP contribution in [0.5, 0.6) is 0 Å². The molecule has 2 aromatic carbocycles. The Labute approximate surface area is 178 Å². The van der Waals surface area contributed by atoms with E-state index in [0.717, 1.165) is 22.4 Å². The first-order chi connectivity index (χ1) is 13.9. The SMILES string of the molecule is CC(=O)N(c1nc(COC(=O)Cc2ccccc2Cl)cs1)c1cccc(C)c1C. The molecule has 0 N–H and O–H groups in total. The van der Waals surface area contributed by atoms with Crippen LogP contribution in [-0.4, -0.2) is 16.9 Å². The lowest BCUT2D eigenvalue weighted by atomic mass is 10.1. The van der Waals surface area contributed by atoms with E-state index in [9.17, 15) is 9.59 Å². The molecular formula is C22H21ClN2O3S. The number of aryl methyl sites for hydroxylation is 1. The zero-order valence-corrected chi connectivity index (χ0v) is 18.0. The third-order valence-corrected chi connectivity index (χ3v) is 5.78. The van der Waals surface area contributed by atoms with E-state index in [1.807, 2.05) is 44.2 Å². The molecule has 0 saturated heterocycles. The van der Waals surface area contributed by atoms with Crippen LogP contribution in [0.1, 0.15) is 29.3 Å². The van der Waals surface area contributed by atoms with Crippen LogP contribution >= 0.6 is 22.9 Å². The first-order valence-electron chi connectivity index (χ1n) is 9.07. The zero-order chi connectivity index (χ0) is 21.0. The molecule has 150 valence electrons. The summed E-state index contributed by atoms with van der Waals surface area (Å²) in [6, 6.07) is 13.0. The Bertz CT molecular complexity index is 1050. The Balaban J connectivity index is 1.70. The van der Waals surface area contributed by atoms with Crippen molar-refractivity contribution < 1.29 is 14.3 Å². The molecule has 0 spiro atoms. The Morgan fingerprint density at radius 3 is 2.62 bits per heavy atom. The number of esters is 1. The van der Waals surface area contributed by atoms with Crippen LogP contribution in [0.2, 0.25) is 5.02 Å². The molecule has 1 amide bonds. The molecule has 0 saturated carbocycles. The normalized spacial score (nSPS) is 10.6. The Morgan fingerprint density at radius 2 is 1.90 bits per heavy atom. The number of aromatic nitrogens is 1. The van der Waals surface area contributed by atoms with Gasteiger partial charge in [0.15, 0.2) is 5.13 Å². The molecule has 3 rings (SSSR count). The average molecular weight is 429 g/mol. The van der Waals surface area contributed by atoms with Gasteiger partial charge in [0.25, 0.3) is 0 Å². The maximum Gasteiger partial charge on any atom is 0.310 e. The van der Waals surface area contributed by atoms with E-state index in [1.165, 1.54) is 18.3 Å². The number of benzene rings is 2. The topological polar surface area (TPSA) is 59.5 Å². The van der Waals surface area contributed by atoms with Gasteiger partial charge in [0.05, 0.1) is 17.8 Å². The van der Waals surface area contributed by atoms with Crippen LogP contribution in [0.3, 0.4) is 0 Å². The third kappa shape index (κ3) is 5.02. The van der Waals surface area contributed by atoms with Gasteiger partial charge in [0, 0.05) is 17.3 Å². The highest BCUT2D eigenvalue weighted by Gasteiger charge is 2.20. The molecule has 5 nitrogen and oxygen atoms in total. The molecule has 3 aromatic rings. The highest BCUT2D eigenvalue weighted by atomic mass is 35.5. The summed E-state index contributed by atoms with van der Waals surface area (Å²) in [5, 5.41) is 2.87. The van der Waals surface area contributed by atoms with Gasteiger partial charge < -0.3 is 4.74 Å². The Hall–Kier alpha value is -2.70. The number of amides is 1. The lowest BCUT2D eigenvalue weighted by Crippen LogP contribution is -2.23. The fraction of sp³-hybridized carbons (Fsp3) is 0.227. The van der Waals surface area contributed by atoms with Crippen LogP contribution in [-0.2, 0) is 27.4 Å². The minimum atomic E-state index is -0.384. The number of halogens is 1.